The number of hydrogen-bond donors (Lipinski definition) is 2. The van der Waals surface area contributed by atoms with Crippen LogP contribution >= 0.6 is 0 Å². The third-order valence-corrected chi connectivity index (χ3v) is 7.80. The zero-order valence-corrected chi connectivity index (χ0v) is 21.4. The number of hydrogen-bond acceptors (Lipinski definition) is 5. The summed E-state index contributed by atoms with van der Waals surface area (Å²) in [5.74, 6) is -2.01. The van der Waals surface area contributed by atoms with Crippen molar-refractivity contribution >= 4 is 29.2 Å². The van der Waals surface area contributed by atoms with Crippen LogP contribution < -0.4 is 10.6 Å². The Morgan fingerprint density at radius 3 is 2.62 bits per heavy atom. The number of amides is 3. The molecule has 39 heavy (non-hydrogen) atoms. The molecule has 2 atom stereocenters. The number of aromatic nitrogens is 1. The van der Waals surface area contributed by atoms with Crippen LogP contribution in [0.1, 0.15) is 42.1 Å². The highest BCUT2D eigenvalue weighted by molar-refractivity contribution is 6.06. The summed E-state index contributed by atoms with van der Waals surface area (Å²) in [4.78, 5) is 44.9. The maximum absolute atomic E-state index is 13.9. The maximum Gasteiger partial charge on any atom is 0.255 e. The summed E-state index contributed by atoms with van der Waals surface area (Å²) in [7, 11) is 0. The Hall–Kier alpha value is -4.18. The summed E-state index contributed by atoms with van der Waals surface area (Å²) in [6.07, 6.45) is 2.65. The molecule has 3 aromatic rings. The Morgan fingerprint density at radius 2 is 1.85 bits per heavy atom. The molecule has 1 saturated heterocycles. The summed E-state index contributed by atoms with van der Waals surface area (Å²) in [5, 5.41) is 5.71. The summed E-state index contributed by atoms with van der Waals surface area (Å²) < 4.78 is 33.6. The van der Waals surface area contributed by atoms with Crippen molar-refractivity contribution in [1.82, 2.24) is 9.88 Å². The Balaban J connectivity index is 1.22. The molecule has 200 valence electrons. The van der Waals surface area contributed by atoms with E-state index in [0.29, 0.717) is 24.3 Å². The van der Waals surface area contributed by atoms with Gasteiger partial charge in [0.05, 0.1) is 18.1 Å². The predicted octanol–water partition coefficient (Wildman–Crippen LogP) is 3.67. The van der Waals surface area contributed by atoms with Gasteiger partial charge in [0.1, 0.15) is 29.6 Å². The summed E-state index contributed by atoms with van der Waals surface area (Å²) >= 11 is 0. The van der Waals surface area contributed by atoms with Crippen molar-refractivity contribution in [2.24, 2.45) is 0 Å². The molecule has 8 nitrogen and oxygen atoms in total. The van der Waals surface area contributed by atoms with Gasteiger partial charge < -0.3 is 20.3 Å². The second kappa shape index (κ2) is 8.94. The van der Waals surface area contributed by atoms with Gasteiger partial charge in [0.25, 0.3) is 5.91 Å². The first-order chi connectivity index (χ1) is 18.6. The third kappa shape index (κ3) is 4.24. The lowest BCUT2D eigenvalue weighted by atomic mass is 9.79. The first-order valence-corrected chi connectivity index (χ1v) is 12.7. The third-order valence-electron chi connectivity index (χ3n) is 7.80. The van der Waals surface area contributed by atoms with Crippen LogP contribution in [0.4, 0.5) is 20.3 Å². The molecule has 1 fully saturated rings. The number of halogens is 2. The van der Waals surface area contributed by atoms with Crippen molar-refractivity contribution in [3.8, 4) is 0 Å². The molecule has 0 bridgehead atoms. The van der Waals surface area contributed by atoms with E-state index >= 15 is 0 Å². The van der Waals surface area contributed by atoms with E-state index < -0.39 is 40.5 Å². The van der Waals surface area contributed by atoms with E-state index in [-0.39, 0.29) is 24.6 Å². The van der Waals surface area contributed by atoms with Gasteiger partial charge in [-0.2, -0.15) is 0 Å². The summed E-state index contributed by atoms with van der Waals surface area (Å²) in [5.41, 5.74) is 1.62. The fourth-order valence-corrected chi connectivity index (χ4v) is 5.85. The molecule has 0 saturated carbocycles. The summed E-state index contributed by atoms with van der Waals surface area (Å²) in [6, 6.07) is 11.4. The largest absolute Gasteiger partial charge is 0.363 e. The maximum atomic E-state index is 13.9. The topological polar surface area (TPSA) is 101 Å². The average molecular weight is 533 g/mol. The number of rotatable bonds is 4. The second-order valence-electron chi connectivity index (χ2n) is 10.8. The van der Waals surface area contributed by atoms with Crippen molar-refractivity contribution in [3.05, 3.63) is 88.6 Å². The van der Waals surface area contributed by atoms with E-state index in [1.807, 2.05) is 24.3 Å². The number of benzene rings is 2. The number of anilines is 2. The van der Waals surface area contributed by atoms with Crippen LogP contribution in [0.5, 0.6) is 0 Å². The van der Waals surface area contributed by atoms with Crippen molar-refractivity contribution in [2.75, 3.05) is 23.8 Å². The van der Waals surface area contributed by atoms with Crippen LogP contribution in [0.15, 0.2) is 54.7 Å². The van der Waals surface area contributed by atoms with Gasteiger partial charge in [-0.25, -0.2) is 13.8 Å². The number of carbonyl (C=O) groups excluding carboxylic acids is 3. The number of morpholine rings is 1. The molecule has 1 spiro atoms. The number of nitrogens with zero attached hydrogens (tertiary/aromatic N) is 2. The smallest absolute Gasteiger partial charge is 0.255 e. The van der Waals surface area contributed by atoms with Crippen molar-refractivity contribution in [3.63, 3.8) is 0 Å². The Bertz CT molecular complexity index is 1520. The van der Waals surface area contributed by atoms with E-state index in [2.05, 4.69) is 15.6 Å². The predicted molar refractivity (Wildman–Crippen MR) is 138 cm³/mol. The minimum absolute atomic E-state index is 0.0196. The van der Waals surface area contributed by atoms with Gasteiger partial charge in [0, 0.05) is 23.5 Å². The van der Waals surface area contributed by atoms with Gasteiger partial charge in [-0.3, -0.25) is 14.4 Å². The lowest BCUT2D eigenvalue weighted by Gasteiger charge is -2.42. The molecule has 3 amide bonds. The fourth-order valence-electron chi connectivity index (χ4n) is 5.85. The van der Waals surface area contributed by atoms with Crippen LogP contribution in [0.3, 0.4) is 0 Å². The molecule has 0 unspecified atom stereocenters. The van der Waals surface area contributed by atoms with Crippen LogP contribution in [-0.4, -0.2) is 46.4 Å². The van der Waals surface area contributed by atoms with Gasteiger partial charge in [0.15, 0.2) is 0 Å². The molecule has 3 aliphatic rings. The Morgan fingerprint density at radius 1 is 1.10 bits per heavy atom. The highest BCUT2D eigenvalue weighted by Gasteiger charge is 2.51. The molecule has 6 rings (SSSR count). The summed E-state index contributed by atoms with van der Waals surface area (Å²) in [6.45, 7) is 2.82. The van der Waals surface area contributed by atoms with Crippen LogP contribution in [0.25, 0.3) is 0 Å². The molecule has 2 aliphatic heterocycles. The molecule has 10 heteroatoms. The number of ether oxygens (including phenoxy) is 1. The zero-order valence-electron chi connectivity index (χ0n) is 21.4. The van der Waals surface area contributed by atoms with Crippen molar-refractivity contribution in [1.29, 1.82) is 0 Å². The van der Waals surface area contributed by atoms with Crippen LogP contribution in [-0.2, 0) is 37.4 Å². The lowest BCUT2D eigenvalue weighted by molar-refractivity contribution is -0.175. The molecular weight excluding hydrogens is 506 g/mol. The molecule has 2 N–H and O–H groups in total. The minimum atomic E-state index is -1.20. The van der Waals surface area contributed by atoms with Gasteiger partial charge in [0.2, 0.25) is 11.8 Å². The second-order valence-corrected chi connectivity index (χ2v) is 10.8. The molecular formula is C29H26F2N4O4. The average Bonchev–Trinajstić information content (AvgIpc) is 3.38. The Labute approximate surface area is 223 Å². The molecule has 0 radical (unpaired) electrons. The van der Waals surface area contributed by atoms with Gasteiger partial charge in [-0.15, -0.1) is 0 Å². The zero-order chi connectivity index (χ0) is 27.5. The monoisotopic (exact) mass is 532 g/mol. The first kappa shape index (κ1) is 25.1. The van der Waals surface area contributed by atoms with E-state index in [1.165, 1.54) is 4.90 Å². The minimum Gasteiger partial charge on any atom is -0.363 e. The van der Waals surface area contributed by atoms with Gasteiger partial charge in [-0.05, 0) is 73.7 Å². The van der Waals surface area contributed by atoms with Crippen LogP contribution in [0.2, 0.25) is 0 Å². The molecule has 1 aliphatic carbocycles. The molecule has 3 heterocycles. The lowest BCUT2D eigenvalue weighted by Crippen LogP contribution is -2.56. The molecule has 1 aromatic heterocycles. The number of nitrogens with one attached hydrogen (secondary N) is 2. The van der Waals surface area contributed by atoms with Gasteiger partial charge in [-0.1, -0.05) is 12.1 Å². The Kier molecular flexibility index (Phi) is 5.76. The van der Waals surface area contributed by atoms with Crippen LogP contribution in [0, 0.1) is 11.6 Å². The first-order valence-electron chi connectivity index (χ1n) is 12.7. The van der Waals surface area contributed by atoms with Crippen molar-refractivity contribution in [2.45, 2.75) is 43.7 Å². The van der Waals surface area contributed by atoms with Gasteiger partial charge >= 0.3 is 0 Å². The van der Waals surface area contributed by atoms with E-state index in [1.54, 1.807) is 26.1 Å². The quantitative estimate of drug-likeness (QED) is 0.534. The fraction of sp³-hybridized carbons (Fsp3) is 0.310. The normalized spacial score (nSPS) is 23.0. The highest BCUT2D eigenvalue weighted by Crippen LogP contribution is 2.47. The van der Waals surface area contributed by atoms with E-state index in [0.717, 1.165) is 34.9 Å². The number of pyridine rings is 1. The number of fused-ring (bicyclic) bond motifs is 3. The standard InChI is InChI=1S/C29H26F2N4O4/c1-28(2)27(38)35(23(15-39-28)17-8-19(30)11-20(31)9-17)14-24(36)33-21-6-5-16-12-29(13-18(16)10-21)22-4-3-7-32-25(22)34-26(29)37/h3-11,23H,12-15H2,1-2H3,(H,33,36)(H,32,34,37)/t23-,29-/m1/s1. The van der Waals surface area contributed by atoms with E-state index in [9.17, 15) is 23.2 Å². The SMILES string of the molecule is CC1(C)OC[C@H](c2cc(F)cc(F)c2)N(CC(=O)Nc2ccc3c(c2)C[C@@]2(C3)C(=O)Nc3ncccc32)C1=O. The van der Waals surface area contributed by atoms with Crippen molar-refractivity contribution < 1.29 is 27.9 Å². The highest BCUT2D eigenvalue weighted by atomic mass is 19.1. The molecule has 2 aromatic carbocycles. The van der Waals surface area contributed by atoms with E-state index in [4.69, 9.17) is 4.74 Å². The number of carbonyl (C=O) groups is 3.